The molecular weight excluding hydrogens is 284 g/mol. The zero-order chi connectivity index (χ0) is 14.8. The van der Waals surface area contributed by atoms with E-state index >= 15 is 0 Å². The second-order valence-electron chi connectivity index (χ2n) is 5.35. The molecule has 0 saturated heterocycles. The number of hydrogen-bond donors (Lipinski definition) is 0. The highest BCUT2D eigenvalue weighted by molar-refractivity contribution is 6.31. The lowest BCUT2D eigenvalue weighted by Gasteiger charge is -2.15. The van der Waals surface area contributed by atoms with Crippen molar-refractivity contribution in [1.82, 2.24) is 0 Å². The van der Waals surface area contributed by atoms with Crippen LogP contribution in [-0.4, -0.2) is 12.9 Å². The third kappa shape index (κ3) is 2.68. The smallest absolute Gasteiger partial charge is 0.170 e. The highest BCUT2D eigenvalue weighted by Crippen LogP contribution is 2.35. The third-order valence-corrected chi connectivity index (χ3v) is 4.46. The molecule has 2 aromatic rings. The zero-order valence-electron chi connectivity index (χ0n) is 11.9. The average Bonchev–Trinajstić information content (AvgIpc) is 2.67. The fourth-order valence-electron chi connectivity index (χ4n) is 3.01. The Hall–Kier alpha value is -1.80. The van der Waals surface area contributed by atoms with Gasteiger partial charge in [-0.25, -0.2) is 0 Å². The number of carbonyl (C=O) groups excluding carboxylic acids is 1. The van der Waals surface area contributed by atoms with E-state index in [2.05, 4.69) is 0 Å². The molecule has 1 unspecified atom stereocenters. The lowest BCUT2D eigenvalue weighted by atomic mass is 9.88. The summed E-state index contributed by atoms with van der Waals surface area (Å²) >= 11 is 6.28. The monoisotopic (exact) mass is 300 g/mol. The maximum Gasteiger partial charge on any atom is 0.170 e. The molecule has 2 aromatic carbocycles. The summed E-state index contributed by atoms with van der Waals surface area (Å²) in [6.45, 7) is 0. The van der Waals surface area contributed by atoms with Gasteiger partial charge >= 0.3 is 0 Å². The summed E-state index contributed by atoms with van der Waals surface area (Å²) < 4.78 is 5.25. The van der Waals surface area contributed by atoms with Crippen molar-refractivity contribution in [3.05, 3.63) is 64.2 Å². The molecule has 2 nitrogen and oxygen atoms in total. The largest absolute Gasteiger partial charge is 0.497 e. The molecule has 1 aliphatic carbocycles. The number of Topliss-reactive ketones (excluding diaryl/α,β-unsaturated/α-hetero) is 1. The number of hydrogen-bond acceptors (Lipinski definition) is 2. The van der Waals surface area contributed by atoms with E-state index in [4.69, 9.17) is 16.3 Å². The molecule has 21 heavy (non-hydrogen) atoms. The van der Waals surface area contributed by atoms with Crippen LogP contribution in [0.15, 0.2) is 42.5 Å². The highest BCUT2D eigenvalue weighted by atomic mass is 35.5. The first kappa shape index (κ1) is 14.2. The van der Waals surface area contributed by atoms with E-state index in [9.17, 15) is 4.79 Å². The van der Waals surface area contributed by atoms with Crippen LogP contribution >= 0.6 is 11.6 Å². The van der Waals surface area contributed by atoms with Gasteiger partial charge in [0.25, 0.3) is 0 Å². The molecule has 1 aliphatic rings. The van der Waals surface area contributed by atoms with Crippen molar-refractivity contribution in [2.45, 2.75) is 25.2 Å². The van der Waals surface area contributed by atoms with Gasteiger partial charge in [-0.05, 0) is 54.7 Å². The van der Waals surface area contributed by atoms with Crippen molar-refractivity contribution in [3.63, 3.8) is 0 Å². The molecular formula is C18H17ClO2. The van der Waals surface area contributed by atoms with Gasteiger partial charge in [-0.3, -0.25) is 4.79 Å². The Bertz CT molecular complexity index is 679. The number of ether oxygens (including phenoxy) is 1. The molecule has 0 radical (unpaired) electrons. The summed E-state index contributed by atoms with van der Waals surface area (Å²) in [7, 11) is 1.65. The standard InChI is InChI=1S/C18H17ClO2/c1-21-13-9-10-14-12(11-13)5-4-7-16(18(14)20)15-6-2-3-8-17(15)19/h2-3,6,8-11,16H,4-5,7H2,1H3. The number of ketones is 1. The van der Waals surface area contributed by atoms with Gasteiger partial charge in [-0.15, -0.1) is 0 Å². The average molecular weight is 301 g/mol. The van der Waals surface area contributed by atoms with Crippen molar-refractivity contribution in [3.8, 4) is 5.75 Å². The minimum Gasteiger partial charge on any atom is -0.497 e. The lowest BCUT2D eigenvalue weighted by Crippen LogP contribution is -2.12. The van der Waals surface area contributed by atoms with Gasteiger partial charge in [-0.1, -0.05) is 29.8 Å². The van der Waals surface area contributed by atoms with E-state index in [1.165, 1.54) is 0 Å². The molecule has 0 N–H and O–H groups in total. The van der Waals surface area contributed by atoms with Crippen LogP contribution in [0.1, 0.15) is 40.2 Å². The van der Waals surface area contributed by atoms with Gasteiger partial charge < -0.3 is 4.74 Å². The Balaban J connectivity index is 2.03. The van der Waals surface area contributed by atoms with Gasteiger partial charge in [0, 0.05) is 16.5 Å². The van der Waals surface area contributed by atoms with Crippen molar-refractivity contribution < 1.29 is 9.53 Å². The third-order valence-electron chi connectivity index (χ3n) is 4.11. The van der Waals surface area contributed by atoms with Crippen LogP contribution in [0.2, 0.25) is 5.02 Å². The van der Waals surface area contributed by atoms with Crippen LogP contribution in [0.5, 0.6) is 5.75 Å². The number of carbonyl (C=O) groups is 1. The molecule has 1 atom stereocenters. The molecule has 0 spiro atoms. The quantitative estimate of drug-likeness (QED) is 0.755. The van der Waals surface area contributed by atoms with Crippen LogP contribution < -0.4 is 4.74 Å². The molecule has 3 rings (SSSR count). The van der Waals surface area contributed by atoms with Crippen molar-refractivity contribution in [1.29, 1.82) is 0 Å². The number of fused-ring (bicyclic) bond motifs is 1. The van der Waals surface area contributed by atoms with Crippen LogP contribution in [0, 0.1) is 0 Å². The maximum atomic E-state index is 12.9. The minimum absolute atomic E-state index is 0.145. The molecule has 0 saturated carbocycles. The number of aryl methyl sites for hydroxylation is 1. The summed E-state index contributed by atoms with van der Waals surface area (Å²) in [4.78, 5) is 12.9. The predicted octanol–water partition coefficient (Wildman–Crippen LogP) is 4.65. The molecule has 0 fully saturated rings. The van der Waals surface area contributed by atoms with E-state index in [1.807, 2.05) is 42.5 Å². The Labute approximate surface area is 129 Å². The topological polar surface area (TPSA) is 26.3 Å². The first-order valence-electron chi connectivity index (χ1n) is 7.16. The Morgan fingerprint density at radius 3 is 2.76 bits per heavy atom. The van der Waals surface area contributed by atoms with Crippen LogP contribution in [0.4, 0.5) is 0 Å². The molecule has 3 heteroatoms. The number of rotatable bonds is 2. The Morgan fingerprint density at radius 1 is 1.19 bits per heavy atom. The van der Waals surface area contributed by atoms with Gasteiger partial charge in [0.1, 0.15) is 5.75 Å². The van der Waals surface area contributed by atoms with Crippen LogP contribution in [-0.2, 0) is 6.42 Å². The second kappa shape index (κ2) is 5.90. The zero-order valence-corrected chi connectivity index (χ0v) is 12.7. The molecule has 0 amide bonds. The Kier molecular flexibility index (Phi) is 3.98. The van der Waals surface area contributed by atoms with Gasteiger partial charge in [0.15, 0.2) is 5.78 Å². The van der Waals surface area contributed by atoms with E-state index in [0.29, 0.717) is 5.02 Å². The lowest BCUT2D eigenvalue weighted by molar-refractivity contribution is 0.0957. The minimum atomic E-state index is -0.145. The predicted molar refractivity (Wildman–Crippen MR) is 84.5 cm³/mol. The van der Waals surface area contributed by atoms with Crippen LogP contribution in [0.3, 0.4) is 0 Å². The van der Waals surface area contributed by atoms with Crippen LogP contribution in [0.25, 0.3) is 0 Å². The van der Waals surface area contributed by atoms with Crippen molar-refractivity contribution >= 4 is 17.4 Å². The van der Waals surface area contributed by atoms with Gasteiger partial charge in [-0.2, -0.15) is 0 Å². The molecule has 0 bridgehead atoms. The summed E-state index contributed by atoms with van der Waals surface area (Å²) in [5, 5.41) is 0.674. The van der Waals surface area contributed by atoms with Crippen molar-refractivity contribution in [2.75, 3.05) is 7.11 Å². The van der Waals surface area contributed by atoms with Crippen molar-refractivity contribution in [2.24, 2.45) is 0 Å². The first-order valence-corrected chi connectivity index (χ1v) is 7.54. The summed E-state index contributed by atoms with van der Waals surface area (Å²) in [5.74, 6) is 0.823. The number of halogens is 1. The summed E-state index contributed by atoms with van der Waals surface area (Å²) in [5.41, 5.74) is 2.82. The van der Waals surface area contributed by atoms with E-state index in [-0.39, 0.29) is 11.7 Å². The molecule has 108 valence electrons. The SMILES string of the molecule is COc1ccc2c(c1)CCCC(c1ccccc1Cl)C2=O. The van der Waals surface area contributed by atoms with Gasteiger partial charge in [0.2, 0.25) is 0 Å². The highest BCUT2D eigenvalue weighted by Gasteiger charge is 2.28. The number of benzene rings is 2. The molecule has 0 heterocycles. The Morgan fingerprint density at radius 2 is 2.00 bits per heavy atom. The number of methoxy groups -OCH3 is 1. The summed E-state index contributed by atoms with van der Waals surface area (Å²) in [6.07, 6.45) is 2.71. The summed E-state index contributed by atoms with van der Waals surface area (Å²) in [6, 6.07) is 13.4. The second-order valence-corrected chi connectivity index (χ2v) is 5.76. The van der Waals surface area contributed by atoms with E-state index in [1.54, 1.807) is 7.11 Å². The first-order chi connectivity index (χ1) is 10.2. The molecule has 0 aromatic heterocycles. The maximum absolute atomic E-state index is 12.9. The fraction of sp³-hybridized carbons (Fsp3) is 0.278. The van der Waals surface area contributed by atoms with E-state index < -0.39 is 0 Å². The fourth-order valence-corrected chi connectivity index (χ4v) is 3.28. The normalized spacial score (nSPS) is 18.0. The molecule has 0 aliphatic heterocycles. The van der Waals surface area contributed by atoms with Gasteiger partial charge in [0.05, 0.1) is 7.11 Å². The van der Waals surface area contributed by atoms with E-state index in [0.717, 1.165) is 41.7 Å².